The van der Waals surface area contributed by atoms with Gasteiger partial charge in [0.2, 0.25) is 0 Å². The van der Waals surface area contributed by atoms with Crippen molar-refractivity contribution in [2.45, 2.75) is 109 Å². The number of hydrogen-bond donors (Lipinski definition) is 1. The standard InChI is InChI=1S/C40H54O4/c1-2-3-4-5-6-7-8-9-10-11-12-13-14-15-25-32-39(42)43-33-38(41)34-44-40(35-26-19-16-20-27-35,36-28-21-17-22-29-36)37-30-23-18-24-31-37/h9-10,16-24,26-31,38,41H,2-8,11-15,25,32-34H2,1H3. The Hall–Kier alpha value is -3.21. The summed E-state index contributed by atoms with van der Waals surface area (Å²) in [6, 6.07) is 30.2. The van der Waals surface area contributed by atoms with Gasteiger partial charge in [-0.2, -0.15) is 0 Å². The molecule has 0 aliphatic heterocycles. The number of carbonyl (C=O) groups is 1. The van der Waals surface area contributed by atoms with Gasteiger partial charge in [-0.15, -0.1) is 0 Å². The number of allylic oxidation sites excluding steroid dienone is 2. The monoisotopic (exact) mass is 598 g/mol. The van der Waals surface area contributed by atoms with Crippen molar-refractivity contribution in [1.82, 2.24) is 0 Å². The lowest BCUT2D eigenvalue weighted by Crippen LogP contribution is -2.37. The number of aliphatic hydroxyl groups is 1. The molecule has 1 atom stereocenters. The molecular weight excluding hydrogens is 544 g/mol. The van der Waals surface area contributed by atoms with Crippen molar-refractivity contribution in [2.24, 2.45) is 0 Å². The maximum atomic E-state index is 12.4. The SMILES string of the molecule is CCCCCCCCC=CCCCCCCCC(=O)OCC(O)COC(c1ccccc1)(c1ccccc1)c1ccccc1. The van der Waals surface area contributed by atoms with E-state index in [1.165, 1.54) is 57.8 Å². The highest BCUT2D eigenvalue weighted by atomic mass is 16.6. The van der Waals surface area contributed by atoms with Gasteiger partial charge in [0.1, 0.15) is 18.3 Å². The third-order valence-corrected chi connectivity index (χ3v) is 8.11. The minimum absolute atomic E-state index is 0.0133. The summed E-state index contributed by atoms with van der Waals surface area (Å²) in [6.45, 7) is 2.19. The van der Waals surface area contributed by atoms with E-state index in [1.807, 2.05) is 91.0 Å². The molecule has 0 radical (unpaired) electrons. The molecule has 0 saturated heterocycles. The van der Waals surface area contributed by atoms with E-state index in [4.69, 9.17) is 9.47 Å². The first-order valence-corrected chi connectivity index (χ1v) is 17.0. The molecule has 0 aliphatic carbocycles. The van der Waals surface area contributed by atoms with E-state index in [2.05, 4.69) is 19.1 Å². The van der Waals surface area contributed by atoms with Crippen molar-refractivity contribution in [3.63, 3.8) is 0 Å². The minimum atomic E-state index is -0.941. The molecule has 0 aromatic heterocycles. The first-order valence-electron chi connectivity index (χ1n) is 17.0. The van der Waals surface area contributed by atoms with Crippen molar-refractivity contribution >= 4 is 5.97 Å². The Balaban J connectivity index is 1.36. The quantitative estimate of drug-likeness (QED) is 0.0511. The van der Waals surface area contributed by atoms with Gasteiger partial charge in [-0.05, 0) is 48.8 Å². The van der Waals surface area contributed by atoms with Crippen LogP contribution in [0.4, 0.5) is 0 Å². The highest BCUT2D eigenvalue weighted by molar-refractivity contribution is 5.69. The summed E-state index contributed by atoms with van der Waals surface area (Å²) in [4.78, 5) is 12.4. The molecule has 0 aliphatic rings. The van der Waals surface area contributed by atoms with Gasteiger partial charge in [0.25, 0.3) is 0 Å². The Kier molecular flexibility index (Phi) is 17.2. The maximum absolute atomic E-state index is 12.4. The van der Waals surface area contributed by atoms with E-state index >= 15 is 0 Å². The van der Waals surface area contributed by atoms with Gasteiger partial charge in [0.05, 0.1) is 6.61 Å². The zero-order valence-corrected chi connectivity index (χ0v) is 26.9. The Morgan fingerprint density at radius 2 is 1.07 bits per heavy atom. The first-order chi connectivity index (χ1) is 21.7. The van der Waals surface area contributed by atoms with Crippen LogP contribution in [0.3, 0.4) is 0 Å². The van der Waals surface area contributed by atoms with Gasteiger partial charge >= 0.3 is 5.97 Å². The first kappa shape index (κ1) is 35.3. The molecule has 0 saturated carbocycles. The van der Waals surface area contributed by atoms with Crippen molar-refractivity contribution in [3.8, 4) is 0 Å². The van der Waals surface area contributed by atoms with Gasteiger partial charge in [-0.25, -0.2) is 0 Å². The lowest BCUT2D eigenvalue weighted by molar-refractivity contribution is -0.149. The number of ether oxygens (including phenoxy) is 2. The minimum Gasteiger partial charge on any atom is -0.463 e. The number of benzene rings is 3. The summed E-state index contributed by atoms with van der Waals surface area (Å²) >= 11 is 0. The van der Waals surface area contributed by atoms with Crippen molar-refractivity contribution in [1.29, 1.82) is 0 Å². The van der Waals surface area contributed by atoms with E-state index < -0.39 is 11.7 Å². The van der Waals surface area contributed by atoms with E-state index in [1.54, 1.807) is 0 Å². The van der Waals surface area contributed by atoms with Gasteiger partial charge in [-0.3, -0.25) is 4.79 Å². The van der Waals surface area contributed by atoms with Crippen molar-refractivity contribution < 1.29 is 19.4 Å². The molecule has 1 N–H and O–H groups in total. The molecule has 0 spiro atoms. The zero-order valence-electron chi connectivity index (χ0n) is 26.9. The summed E-state index contributed by atoms with van der Waals surface area (Å²) in [5.41, 5.74) is 1.97. The second-order valence-electron chi connectivity index (χ2n) is 11.8. The summed E-state index contributed by atoms with van der Waals surface area (Å²) in [5.74, 6) is -0.262. The predicted octanol–water partition coefficient (Wildman–Crippen LogP) is 9.94. The highest BCUT2D eigenvalue weighted by Crippen LogP contribution is 2.40. The number of aliphatic hydroxyl groups excluding tert-OH is 1. The van der Waals surface area contributed by atoms with Crippen LogP contribution in [0.25, 0.3) is 0 Å². The van der Waals surface area contributed by atoms with E-state index in [9.17, 15) is 9.90 Å². The molecule has 0 bridgehead atoms. The van der Waals surface area contributed by atoms with Crippen LogP contribution in [0.5, 0.6) is 0 Å². The molecule has 4 nitrogen and oxygen atoms in total. The highest BCUT2D eigenvalue weighted by Gasteiger charge is 2.38. The lowest BCUT2D eigenvalue weighted by atomic mass is 9.80. The molecule has 0 heterocycles. The molecule has 3 aromatic carbocycles. The van der Waals surface area contributed by atoms with Crippen LogP contribution in [0.2, 0.25) is 0 Å². The third-order valence-electron chi connectivity index (χ3n) is 8.11. The molecule has 3 rings (SSSR count). The number of unbranched alkanes of at least 4 members (excludes halogenated alkanes) is 11. The summed E-state index contributed by atoms with van der Waals surface area (Å²) < 4.78 is 12.1. The van der Waals surface area contributed by atoms with Gasteiger partial charge < -0.3 is 14.6 Å². The number of esters is 1. The average molecular weight is 599 g/mol. The maximum Gasteiger partial charge on any atom is 0.305 e. The molecule has 3 aromatic rings. The van der Waals surface area contributed by atoms with Crippen LogP contribution in [0.15, 0.2) is 103 Å². The normalized spacial score (nSPS) is 12.4. The summed E-state index contributed by atoms with van der Waals surface area (Å²) in [7, 11) is 0. The van der Waals surface area contributed by atoms with Gasteiger partial charge in [-0.1, -0.05) is 161 Å². The fourth-order valence-corrected chi connectivity index (χ4v) is 5.64. The topological polar surface area (TPSA) is 55.8 Å². The van der Waals surface area contributed by atoms with Crippen LogP contribution < -0.4 is 0 Å². The Morgan fingerprint density at radius 3 is 1.55 bits per heavy atom. The second kappa shape index (κ2) is 21.5. The molecule has 1 unspecified atom stereocenters. The van der Waals surface area contributed by atoms with Crippen LogP contribution in [0.1, 0.15) is 114 Å². The molecule has 0 amide bonds. The molecular formula is C40H54O4. The molecule has 44 heavy (non-hydrogen) atoms. The van der Waals surface area contributed by atoms with Crippen LogP contribution in [0, 0.1) is 0 Å². The van der Waals surface area contributed by atoms with Crippen LogP contribution >= 0.6 is 0 Å². The largest absolute Gasteiger partial charge is 0.463 e. The van der Waals surface area contributed by atoms with Crippen LogP contribution in [-0.4, -0.2) is 30.4 Å². The smallest absolute Gasteiger partial charge is 0.305 e. The number of carbonyl (C=O) groups excluding carboxylic acids is 1. The number of rotatable bonds is 23. The summed E-state index contributed by atoms with van der Waals surface area (Å²) in [5, 5.41) is 10.8. The predicted molar refractivity (Wildman–Crippen MR) is 182 cm³/mol. The third kappa shape index (κ3) is 12.4. The van der Waals surface area contributed by atoms with E-state index in [-0.39, 0.29) is 19.2 Å². The Labute approximate surface area is 266 Å². The Bertz CT molecular complexity index is 1060. The van der Waals surface area contributed by atoms with Gasteiger partial charge in [0.15, 0.2) is 0 Å². The molecule has 238 valence electrons. The fraction of sp³-hybridized carbons (Fsp3) is 0.475. The molecule has 4 heteroatoms. The lowest BCUT2D eigenvalue weighted by Gasteiger charge is -2.36. The fourth-order valence-electron chi connectivity index (χ4n) is 5.64. The van der Waals surface area contributed by atoms with Crippen LogP contribution in [-0.2, 0) is 19.9 Å². The number of hydrogen-bond acceptors (Lipinski definition) is 4. The van der Waals surface area contributed by atoms with Crippen molar-refractivity contribution in [3.05, 3.63) is 120 Å². The van der Waals surface area contributed by atoms with E-state index in [0.29, 0.717) is 6.42 Å². The zero-order chi connectivity index (χ0) is 31.1. The van der Waals surface area contributed by atoms with Crippen molar-refractivity contribution in [2.75, 3.05) is 13.2 Å². The average Bonchev–Trinajstić information content (AvgIpc) is 3.07. The summed E-state index contributed by atoms with van der Waals surface area (Å²) in [6.07, 6.45) is 20.0. The second-order valence-corrected chi connectivity index (χ2v) is 11.8. The van der Waals surface area contributed by atoms with E-state index in [0.717, 1.165) is 42.4 Å². The Morgan fingerprint density at radius 1 is 0.636 bits per heavy atom. The molecule has 0 fully saturated rings. The van der Waals surface area contributed by atoms with Gasteiger partial charge in [0, 0.05) is 6.42 Å².